The highest BCUT2D eigenvalue weighted by molar-refractivity contribution is 7.21. The van der Waals surface area contributed by atoms with E-state index in [1.807, 2.05) is 32.0 Å². The van der Waals surface area contributed by atoms with E-state index in [0.29, 0.717) is 16.2 Å². The molecule has 6 nitrogen and oxygen atoms in total. The maximum Gasteiger partial charge on any atom is 0.420 e. The van der Waals surface area contributed by atoms with Gasteiger partial charge in [-0.15, -0.1) is 0 Å². The lowest BCUT2D eigenvalue weighted by atomic mass is 10.0. The number of aryl methyl sites for hydroxylation is 2. The minimum absolute atomic E-state index is 0.187. The largest absolute Gasteiger partial charge is 0.496 e. The molecule has 0 amide bonds. The first-order chi connectivity index (χ1) is 14.7. The van der Waals surface area contributed by atoms with Crippen LogP contribution in [0.3, 0.4) is 0 Å². The predicted octanol–water partition coefficient (Wildman–Crippen LogP) is 5.72. The average Bonchev–Trinajstić information content (AvgIpc) is 3.08. The summed E-state index contributed by atoms with van der Waals surface area (Å²) in [6.07, 6.45) is -4.57. The highest BCUT2D eigenvalue weighted by Gasteiger charge is 2.34. The molecule has 2 heterocycles. The Labute approximate surface area is 179 Å². The van der Waals surface area contributed by atoms with Gasteiger partial charge in [0.05, 0.1) is 12.7 Å². The molecular weight excluding hydrogens is 427 g/mol. The predicted molar refractivity (Wildman–Crippen MR) is 116 cm³/mol. The molecule has 0 aliphatic carbocycles. The van der Waals surface area contributed by atoms with Crippen molar-refractivity contribution in [1.29, 1.82) is 0 Å². The zero-order chi connectivity index (χ0) is 22.3. The summed E-state index contributed by atoms with van der Waals surface area (Å²) < 4.78 is 45.1. The van der Waals surface area contributed by atoms with Crippen LogP contribution in [0.5, 0.6) is 5.75 Å². The normalized spacial score (nSPS) is 11.7. The van der Waals surface area contributed by atoms with Crippen LogP contribution in [0, 0.1) is 13.8 Å². The second-order valence-corrected chi connectivity index (χ2v) is 7.92. The Morgan fingerprint density at radius 2 is 1.74 bits per heavy atom. The second kappa shape index (κ2) is 7.69. The smallest absolute Gasteiger partial charge is 0.420 e. The molecule has 2 aromatic carbocycles. The molecule has 2 aromatic heterocycles. The number of nitrogens with zero attached hydrogens (tertiary/aromatic N) is 3. The lowest BCUT2D eigenvalue weighted by Gasteiger charge is -2.15. The van der Waals surface area contributed by atoms with E-state index in [-0.39, 0.29) is 22.4 Å². The van der Waals surface area contributed by atoms with Gasteiger partial charge in [0.25, 0.3) is 0 Å². The molecule has 3 N–H and O–H groups in total. The van der Waals surface area contributed by atoms with Crippen LogP contribution in [0.4, 0.5) is 29.8 Å². The molecule has 4 aromatic rings. The summed E-state index contributed by atoms with van der Waals surface area (Å²) in [4.78, 5) is 14.0. The Balaban J connectivity index is 1.87. The van der Waals surface area contributed by atoms with Gasteiger partial charge in [-0.3, -0.25) is 0 Å². The van der Waals surface area contributed by atoms with Gasteiger partial charge in [-0.05, 0) is 43.2 Å². The fraction of sp³-hybridized carbons (Fsp3) is 0.190. The van der Waals surface area contributed by atoms with Gasteiger partial charge in [0.15, 0.2) is 21.6 Å². The number of methoxy groups -OCH3 is 1. The molecule has 0 unspecified atom stereocenters. The number of hydrogen-bond donors (Lipinski definition) is 2. The summed E-state index contributed by atoms with van der Waals surface area (Å²) in [5.41, 5.74) is 8.36. The maximum atomic E-state index is 13.4. The topological polar surface area (TPSA) is 86.0 Å². The summed E-state index contributed by atoms with van der Waals surface area (Å²) in [5.74, 6) is 0.452. The number of rotatable bonds is 4. The third-order valence-electron chi connectivity index (χ3n) is 4.75. The van der Waals surface area contributed by atoms with Crippen LogP contribution in [0.2, 0.25) is 0 Å². The van der Waals surface area contributed by atoms with Crippen LogP contribution >= 0.6 is 11.3 Å². The first-order valence-electron chi connectivity index (χ1n) is 9.20. The van der Waals surface area contributed by atoms with Gasteiger partial charge in [0, 0.05) is 11.3 Å². The quantitative estimate of drug-likeness (QED) is 0.418. The van der Waals surface area contributed by atoms with Crippen LogP contribution in [0.25, 0.3) is 21.7 Å². The lowest BCUT2D eigenvalue weighted by Crippen LogP contribution is -2.08. The molecule has 4 rings (SSSR count). The number of hydrogen-bond acceptors (Lipinski definition) is 7. The monoisotopic (exact) mass is 445 g/mol. The summed E-state index contributed by atoms with van der Waals surface area (Å²) in [5, 5.41) is 3.24. The number of aromatic nitrogens is 3. The van der Waals surface area contributed by atoms with E-state index in [2.05, 4.69) is 20.3 Å². The number of nitrogen functional groups attached to an aromatic ring is 1. The van der Waals surface area contributed by atoms with Gasteiger partial charge >= 0.3 is 6.18 Å². The highest BCUT2D eigenvalue weighted by atomic mass is 32.1. The summed E-state index contributed by atoms with van der Waals surface area (Å²) in [6.45, 7) is 3.90. The number of halogens is 3. The van der Waals surface area contributed by atoms with Crippen molar-refractivity contribution < 1.29 is 17.9 Å². The Morgan fingerprint density at radius 3 is 2.39 bits per heavy atom. The van der Waals surface area contributed by atoms with Crippen LogP contribution in [0.1, 0.15) is 16.7 Å². The molecule has 0 saturated carbocycles. The molecule has 31 heavy (non-hydrogen) atoms. The number of anilines is 3. The van der Waals surface area contributed by atoms with E-state index in [0.717, 1.165) is 22.8 Å². The zero-order valence-corrected chi connectivity index (χ0v) is 17.6. The van der Waals surface area contributed by atoms with Crippen molar-refractivity contribution in [3.05, 3.63) is 53.1 Å². The molecule has 0 aliphatic heterocycles. The van der Waals surface area contributed by atoms with Gasteiger partial charge in [-0.2, -0.15) is 13.2 Å². The molecule has 0 fully saturated rings. The Bertz CT molecular complexity index is 1270. The summed E-state index contributed by atoms with van der Waals surface area (Å²) >= 11 is 1.19. The van der Waals surface area contributed by atoms with E-state index in [1.54, 1.807) is 0 Å². The third-order valence-corrected chi connectivity index (χ3v) is 5.53. The molecule has 10 heteroatoms. The van der Waals surface area contributed by atoms with Crippen molar-refractivity contribution in [2.45, 2.75) is 20.0 Å². The standard InChI is InChI=1S/C21H18F3N5OS/c1-10-5-4-6-11(2)15(10)17-28-18(16-19(29-17)31-20(25)27-16)26-12-7-8-14(30-3)13(9-12)21(22,23)24/h4-9H,1-3H3,(H2,25,27)(H,26,28,29). The fourth-order valence-electron chi connectivity index (χ4n) is 3.35. The SMILES string of the molecule is COc1ccc(Nc2nc(-c3c(C)cccc3C)nc3sc(N)nc23)cc1C(F)(F)F. The van der Waals surface area contributed by atoms with Crippen LogP contribution in [-0.2, 0) is 6.18 Å². The molecule has 0 spiro atoms. The lowest BCUT2D eigenvalue weighted by molar-refractivity contribution is -0.138. The number of benzene rings is 2. The van der Waals surface area contributed by atoms with E-state index in [1.165, 1.54) is 30.6 Å². The van der Waals surface area contributed by atoms with Crippen molar-refractivity contribution >= 4 is 38.3 Å². The number of nitrogens with one attached hydrogen (secondary N) is 1. The molecule has 0 radical (unpaired) electrons. The maximum absolute atomic E-state index is 13.4. The number of ether oxygens (including phenoxy) is 1. The average molecular weight is 445 g/mol. The van der Waals surface area contributed by atoms with E-state index >= 15 is 0 Å². The number of thiazole rings is 1. The van der Waals surface area contributed by atoms with Gasteiger partial charge in [-0.1, -0.05) is 29.5 Å². The van der Waals surface area contributed by atoms with Crippen LogP contribution in [0.15, 0.2) is 36.4 Å². The number of nitrogens with two attached hydrogens (primary N) is 1. The minimum atomic E-state index is -4.57. The van der Waals surface area contributed by atoms with E-state index in [4.69, 9.17) is 10.5 Å². The first-order valence-corrected chi connectivity index (χ1v) is 10.0. The van der Waals surface area contributed by atoms with Gasteiger partial charge in [-0.25, -0.2) is 15.0 Å². The molecular formula is C21H18F3N5OS. The van der Waals surface area contributed by atoms with Gasteiger partial charge in [0.2, 0.25) is 0 Å². The minimum Gasteiger partial charge on any atom is -0.496 e. The Morgan fingerprint density at radius 1 is 1.03 bits per heavy atom. The van der Waals surface area contributed by atoms with E-state index < -0.39 is 11.7 Å². The Kier molecular flexibility index (Phi) is 5.18. The van der Waals surface area contributed by atoms with Crippen molar-refractivity contribution in [2.24, 2.45) is 0 Å². The van der Waals surface area contributed by atoms with Crippen LogP contribution < -0.4 is 15.8 Å². The highest BCUT2D eigenvalue weighted by Crippen LogP contribution is 2.39. The third kappa shape index (κ3) is 3.98. The number of fused-ring (bicyclic) bond motifs is 1. The van der Waals surface area contributed by atoms with Crippen molar-refractivity contribution in [3.8, 4) is 17.1 Å². The van der Waals surface area contributed by atoms with E-state index in [9.17, 15) is 13.2 Å². The summed E-state index contributed by atoms with van der Waals surface area (Å²) in [6, 6.07) is 9.54. The molecule has 0 saturated heterocycles. The van der Waals surface area contributed by atoms with Crippen molar-refractivity contribution in [3.63, 3.8) is 0 Å². The first kappa shape index (κ1) is 20.9. The van der Waals surface area contributed by atoms with Crippen LogP contribution in [-0.4, -0.2) is 22.1 Å². The molecule has 0 aliphatic rings. The fourth-order valence-corrected chi connectivity index (χ4v) is 4.05. The molecule has 0 atom stereocenters. The Hall–Kier alpha value is -3.40. The summed E-state index contributed by atoms with van der Waals surface area (Å²) in [7, 11) is 1.19. The van der Waals surface area contributed by atoms with Crippen molar-refractivity contribution in [1.82, 2.24) is 15.0 Å². The number of alkyl halides is 3. The zero-order valence-electron chi connectivity index (χ0n) is 16.8. The molecule has 160 valence electrons. The molecule has 0 bridgehead atoms. The second-order valence-electron chi connectivity index (χ2n) is 6.91. The van der Waals surface area contributed by atoms with Gasteiger partial charge in [0.1, 0.15) is 11.3 Å². The van der Waals surface area contributed by atoms with Crippen molar-refractivity contribution in [2.75, 3.05) is 18.2 Å². The van der Waals surface area contributed by atoms with Gasteiger partial charge < -0.3 is 15.8 Å².